The summed E-state index contributed by atoms with van der Waals surface area (Å²) in [6.45, 7) is 0. The predicted octanol–water partition coefficient (Wildman–Crippen LogP) is 2.30. The molecule has 0 atom stereocenters. The van der Waals surface area contributed by atoms with Crippen molar-refractivity contribution in [2.75, 3.05) is 0 Å². The van der Waals surface area contributed by atoms with Gasteiger partial charge in [0.05, 0.1) is 6.20 Å². The molecule has 1 aromatic rings. The van der Waals surface area contributed by atoms with Crippen LogP contribution in [-0.4, -0.2) is 4.98 Å². The summed E-state index contributed by atoms with van der Waals surface area (Å²) in [6.07, 6.45) is 2.60. The van der Waals surface area contributed by atoms with Gasteiger partial charge in [0, 0.05) is 5.02 Å². The Morgan fingerprint density at radius 3 is 2.88 bits per heavy atom. The minimum atomic E-state index is 0.645. The summed E-state index contributed by atoms with van der Waals surface area (Å²) in [5.74, 6) is 0. The first-order valence-corrected chi connectivity index (χ1v) is 3.15. The molecule has 0 amide bonds. The van der Waals surface area contributed by atoms with Crippen molar-refractivity contribution in [1.29, 1.82) is 0 Å². The zero-order valence-corrected chi connectivity index (χ0v) is 6.20. The summed E-state index contributed by atoms with van der Waals surface area (Å²) in [7, 11) is 0. The van der Waals surface area contributed by atoms with Crippen LogP contribution in [0.25, 0.3) is 0 Å². The van der Waals surface area contributed by atoms with Crippen LogP contribution in [0.15, 0.2) is 16.7 Å². The molecular formula is C5H2BrClN. The Hall–Kier alpha value is -0.0800. The van der Waals surface area contributed by atoms with Crippen LogP contribution in [0.1, 0.15) is 0 Å². The molecule has 8 heavy (non-hydrogen) atoms. The Bertz CT molecular complexity index is 172. The number of pyridine rings is 1. The Morgan fingerprint density at radius 1 is 1.75 bits per heavy atom. The average Bonchev–Trinajstić information content (AvgIpc) is 1.64. The van der Waals surface area contributed by atoms with Gasteiger partial charge in [-0.2, -0.15) is 0 Å². The Kier molecular flexibility index (Phi) is 1.86. The van der Waals surface area contributed by atoms with E-state index >= 15 is 0 Å². The van der Waals surface area contributed by atoms with E-state index < -0.39 is 0 Å². The van der Waals surface area contributed by atoms with Crippen LogP contribution < -0.4 is 0 Å². The molecule has 0 aliphatic carbocycles. The summed E-state index contributed by atoms with van der Waals surface area (Å²) < 4.78 is 0.713. The second-order valence-electron chi connectivity index (χ2n) is 1.24. The number of halogens is 2. The fourth-order valence-corrected chi connectivity index (χ4v) is 0.976. The zero-order valence-electron chi connectivity index (χ0n) is 3.86. The summed E-state index contributed by atoms with van der Waals surface area (Å²) in [6, 6.07) is 3.31. The summed E-state index contributed by atoms with van der Waals surface area (Å²) in [4.78, 5) is 3.75. The standard InChI is InChI=1S/C5H2BrClN/c6-5-3-4(7)1-2-8-5/h1,3H. The van der Waals surface area contributed by atoms with Gasteiger partial charge in [-0.3, -0.25) is 0 Å². The minimum absolute atomic E-state index is 0.645. The van der Waals surface area contributed by atoms with E-state index in [2.05, 4.69) is 27.1 Å². The van der Waals surface area contributed by atoms with Crippen LogP contribution in [0.4, 0.5) is 0 Å². The van der Waals surface area contributed by atoms with E-state index in [-0.39, 0.29) is 0 Å². The van der Waals surface area contributed by atoms with E-state index in [0.29, 0.717) is 9.63 Å². The van der Waals surface area contributed by atoms with Crippen molar-refractivity contribution in [2.24, 2.45) is 0 Å². The normalized spacial score (nSPS) is 9.25. The molecule has 1 aromatic heterocycles. The van der Waals surface area contributed by atoms with Gasteiger partial charge in [0.2, 0.25) is 0 Å². The van der Waals surface area contributed by atoms with Gasteiger partial charge >= 0.3 is 0 Å². The van der Waals surface area contributed by atoms with Crippen molar-refractivity contribution < 1.29 is 0 Å². The maximum atomic E-state index is 5.54. The third-order valence-electron chi connectivity index (χ3n) is 0.631. The highest BCUT2D eigenvalue weighted by Gasteiger charge is 1.86. The van der Waals surface area contributed by atoms with Crippen molar-refractivity contribution in [3.8, 4) is 0 Å². The highest BCUT2D eigenvalue weighted by molar-refractivity contribution is 9.10. The molecule has 0 saturated carbocycles. The average molecular weight is 191 g/mol. The van der Waals surface area contributed by atoms with Gasteiger partial charge in [-0.25, -0.2) is 4.98 Å². The van der Waals surface area contributed by atoms with Gasteiger partial charge in [-0.05, 0) is 28.1 Å². The van der Waals surface area contributed by atoms with Gasteiger partial charge < -0.3 is 0 Å². The van der Waals surface area contributed by atoms with Crippen LogP contribution >= 0.6 is 27.5 Å². The predicted molar refractivity (Wildman–Crippen MR) is 35.8 cm³/mol. The number of nitrogens with zero attached hydrogens (tertiary/aromatic N) is 1. The molecule has 0 fully saturated rings. The summed E-state index contributed by atoms with van der Waals surface area (Å²) >= 11 is 8.68. The Balaban J connectivity index is 3.08. The molecule has 1 heterocycles. The smallest absolute Gasteiger partial charge is 0.108 e. The van der Waals surface area contributed by atoms with E-state index in [1.165, 1.54) is 0 Å². The second-order valence-corrected chi connectivity index (χ2v) is 2.49. The largest absolute Gasteiger partial charge is 0.239 e. The lowest BCUT2D eigenvalue weighted by molar-refractivity contribution is 1.26. The quantitative estimate of drug-likeness (QED) is 0.574. The lowest BCUT2D eigenvalue weighted by Gasteiger charge is -1.85. The van der Waals surface area contributed by atoms with Gasteiger partial charge in [-0.15, -0.1) is 0 Å². The number of rotatable bonds is 0. The van der Waals surface area contributed by atoms with Gasteiger partial charge in [0.25, 0.3) is 0 Å². The minimum Gasteiger partial charge on any atom is -0.239 e. The van der Waals surface area contributed by atoms with E-state index in [9.17, 15) is 0 Å². The highest BCUT2D eigenvalue weighted by atomic mass is 79.9. The van der Waals surface area contributed by atoms with Crippen molar-refractivity contribution >= 4 is 27.5 Å². The second kappa shape index (κ2) is 2.46. The third kappa shape index (κ3) is 1.46. The molecule has 0 spiro atoms. The van der Waals surface area contributed by atoms with Crippen molar-refractivity contribution in [3.05, 3.63) is 28.0 Å². The van der Waals surface area contributed by atoms with E-state index in [0.717, 1.165) is 0 Å². The fraction of sp³-hybridized carbons (Fsp3) is 0. The van der Waals surface area contributed by atoms with E-state index in [4.69, 9.17) is 11.6 Å². The molecule has 3 heteroatoms. The molecule has 1 nitrogen and oxygen atoms in total. The van der Waals surface area contributed by atoms with Crippen LogP contribution in [0, 0.1) is 6.20 Å². The van der Waals surface area contributed by atoms with Crippen molar-refractivity contribution in [3.63, 3.8) is 0 Å². The number of aromatic nitrogens is 1. The van der Waals surface area contributed by atoms with Crippen LogP contribution in [0.3, 0.4) is 0 Å². The van der Waals surface area contributed by atoms with Crippen molar-refractivity contribution in [1.82, 2.24) is 4.98 Å². The molecular weight excluding hydrogens is 189 g/mol. The molecule has 0 aromatic carbocycles. The number of hydrogen-bond donors (Lipinski definition) is 0. The molecule has 0 bridgehead atoms. The summed E-state index contributed by atoms with van der Waals surface area (Å²) in [5.41, 5.74) is 0. The first-order valence-electron chi connectivity index (χ1n) is 1.98. The van der Waals surface area contributed by atoms with E-state index in [1.807, 2.05) is 0 Å². The molecule has 0 unspecified atom stereocenters. The topological polar surface area (TPSA) is 12.9 Å². The highest BCUT2D eigenvalue weighted by Crippen LogP contribution is 2.11. The van der Waals surface area contributed by atoms with Crippen LogP contribution in [0.2, 0.25) is 5.02 Å². The van der Waals surface area contributed by atoms with Gasteiger partial charge in [0.15, 0.2) is 0 Å². The van der Waals surface area contributed by atoms with Crippen LogP contribution in [0.5, 0.6) is 0 Å². The van der Waals surface area contributed by atoms with Crippen molar-refractivity contribution in [2.45, 2.75) is 0 Å². The molecule has 0 aliphatic heterocycles. The van der Waals surface area contributed by atoms with Gasteiger partial charge in [0.1, 0.15) is 4.60 Å². The fourth-order valence-electron chi connectivity index (χ4n) is 0.343. The molecule has 0 aliphatic rings. The third-order valence-corrected chi connectivity index (χ3v) is 1.26. The van der Waals surface area contributed by atoms with Crippen LogP contribution in [-0.2, 0) is 0 Å². The SMILES string of the molecule is Clc1c[c]nc(Br)c1. The Labute approximate surface area is 60.8 Å². The first-order chi connectivity index (χ1) is 3.79. The first kappa shape index (κ1) is 6.05. The molecule has 0 saturated heterocycles. The van der Waals surface area contributed by atoms with E-state index in [1.54, 1.807) is 12.1 Å². The lowest BCUT2D eigenvalue weighted by atomic mass is 10.5. The number of hydrogen-bond acceptors (Lipinski definition) is 1. The molecule has 0 N–H and O–H groups in total. The maximum Gasteiger partial charge on any atom is 0.108 e. The Morgan fingerprint density at radius 2 is 2.50 bits per heavy atom. The molecule has 1 radical (unpaired) electrons. The molecule has 41 valence electrons. The van der Waals surface area contributed by atoms with Gasteiger partial charge in [-0.1, -0.05) is 11.6 Å². The monoisotopic (exact) mass is 190 g/mol. The maximum absolute atomic E-state index is 5.54. The zero-order chi connectivity index (χ0) is 5.98. The lowest BCUT2D eigenvalue weighted by Crippen LogP contribution is -1.70. The summed E-state index contributed by atoms with van der Waals surface area (Å²) in [5, 5.41) is 0.645. The molecule has 1 rings (SSSR count).